The Hall–Kier alpha value is -2.76. The van der Waals surface area contributed by atoms with E-state index in [9.17, 15) is 4.79 Å². The highest BCUT2D eigenvalue weighted by Crippen LogP contribution is 2.32. The molecule has 142 valence electrons. The first-order chi connectivity index (χ1) is 13.2. The van der Waals surface area contributed by atoms with E-state index in [2.05, 4.69) is 17.2 Å². The van der Waals surface area contributed by atoms with E-state index < -0.39 is 0 Å². The van der Waals surface area contributed by atoms with Gasteiger partial charge in [-0.25, -0.2) is 0 Å². The fraction of sp³-hybridized carbons (Fsp3) is 0.429. The van der Waals surface area contributed by atoms with Gasteiger partial charge in [-0.05, 0) is 55.5 Å². The summed E-state index contributed by atoms with van der Waals surface area (Å²) in [6.07, 6.45) is 6.05. The molecule has 1 amide bonds. The van der Waals surface area contributed by atoms with Crippen LogP contribution in [0.5, 0.6) is 11.5 Å². The molecule has 1 fully saturated rings. The van der Waals surface area contributed by atoms with Crippen molar-refractivity contribution in [1.29, 1.82) is 0 Å². The summed E-state index contributed by atoms with van der Waals surface area (Å²) in [7, 11) is 0. The Morgan fingerprint density at radius 3 is 3.00 bits per heavy atom. The van der Waals surface area contributed by atoms with Gasteiger partial charge in [0.1, 0.15) is 5.69 Å². The number of ether oxygens (including phenoxy) is 2. The SMILES string of the molecule is CCC1CCCCN1C(=O)c1cc(NCc2ccc3c(c2)OCO3)ccn1. The zero-order valence-electron chi connectivity index (χ0n) is 15.6. The van der Waals surface area contributed by atoms with E-state index in [4.69, 9.17) is 9.47 Å². The molecule has 2 aliphatic rings. The fourth-order valence-electron chi connectivity index (χ4n) is 3.75. The van der Waals surface area contributed by atoms with Crippen LogP contribution in [0.3, 0.4) is 0 Å². The van der Waals surface area contributed by atoms with Crippen LogP contribution in [0.15, 0.2) is 36.5 Å². The molecule has 6 nitrogen and oxygen atoms in total. The number of piperidine rings is 1. The van der Waals surface area contributed by atoms with Crippen LogP contribution >= 0.6 is 0 Å². The highest BCUT2D eigenvalue weighted by Gasteiger charge is 2.27. The van der Waals surface area contributed by atoms with Gasteiger partial charge in [-0.1, -0.05) is 13.0 Å². The zero-order valence-corrected chi connectivity index (χ0v) is 15.6. The van der Waals surface area contributed by atoms with E-state index in [0.717, 1.165) is 48.6 Å². The number of carbonyl (C=O) groups is 1. The van der Waals surface area contributed by atoms with Crippen molar-refractivity contribution >= 4 is 11.6 Å². The molecule has 0 radical (unpaired) electrons. The van der Waals surface area contributed by atoms with Crippen LogP contribution in [0, 0.1) is 0 Å². The minimum Gasteiger partial charge on any atom is -0.454 e. The Balaban J connectivity index is 1.43. The van der Waals surface area contributed by atoms with Gasteiger partial charge in [0, 0.05) is 31.0 Å². The third-order valence-electron chi connectivity index (χ3n) is 5.27. The molecule has 1 aromatic heterocycles. The molecule has 4 rings (SSSR count). The number of aromatic nitrogens is 1. The topological polar surface area (TPSA) is 63.7 Å². The van der Waals surface area contributed by atoms with Crippen molar-refractivity contribution in [2.24, 2.45) is 0 Å². The molecule has 27 heavy (non-hydrogen) atoms. The Morgan fingerprint density at radius 1 is 1.22 bits per heavy atom. The van der Waals surface area contributed by atoms with E-state index in [0.29, 0.717) is 18.3 Å². The van der Waals surface area contributed by atoms with Gasteiger partial charge >= 0.3 is 0 Å². The third-order valence-corrected chi connectivity index (χ3v) is 5.27. The van der Waals surface area contributed by atoms with E-state index in [1.165, 1.54) is 6.42 Å². The maximum absolute atomic E-state index is 12.9. The molecular formula is C21H25N3O3. The molecule has 2 aromatic rings. The number of nitrogens with zero attached hydrogens (tertiary/aromatic N) is 2. The third kappa shape index (κ3) is 3.84. The second-order valence-electron chi connectivity index (χ2n) is 7.03. The lowest BCUT2D eigenvalue weighted by molar-refractivity contribution is 0.0602. The lowest BCUT2D eigenvalue weighted by atomic mass is 9.99. The first kappa shape index (κ1) is 17.6. The quantitative estimate of drug-likeness (QED) is 0.870. The number of hydrogen-bond donors (Lipinski definition) is 1. The van der Waals surface area contributed by atoms with E-state index >= 15 is 0 Å². The second kappa shape index (κ2) is 7.86. The van der Waals surface area contributed by atoms with Gasteiger partial charge in [0.2, 0.25) is 6.79 Å². The van der Waals surface area contributed by atoms with E-state index in [-0.39, 0.29) is 12.7 Å². The summed E-state index contributed by atoms with van der Waals surface area (Å²) in [4.78, 5) is 19.2. The van der Waals surface area contributed by atoms with Gasteiger partial charge < -0.3 is 19.7 Å². The Bertz CT molecular complexity index is 824. The van der Waals surface area contributed by atoms with Gasteiger partial charge in [0.15, 0.2) is 11.5 Å². The summed E-state index contributed by atoms with van der Waals surface area (Å²) in [5, 5.41) is 3.37. The van der Waals surface area contributed by atoms with Crippen LogP contribution in [0.2, 0.25) is 0 Å². The number of nitrogens with one attached hydrogen (secondary N) is 1. The fourth-order valence-corrected chi connectivity index (χ4v) is 3.75. The van der Waals surface area contributed by atoms with Crippen molar-refractivity contribution in [3.05, 3.63) is 47.8 Å². The first-order valence-corrected chi connectivity index (χ1v) is 9.64. The minimum atomic E-state index is 0.0354. The van der Waals surface area contributed by atoms with Gasteiger partial charge in [-0.3, -0.25) is 9.78 Å². The summed E-state index contributed by atoms with van der Waals surface area (Å²) in [6.45, 7) is 3.88. The molecule has 1 N–H and O–H groups in total. The minimum absolute atomic E-state index is 0.0354. The largest absolute Gasteiger partial charge is 0.454 e. The van der Waals surface area contributed by atoms with Crippen LogP contribution in [0.1, 0.15) is 48.7 Å². The Morgan fingerprint density at radius 2 is 2.11 bits per heavy atom. The molecular weight excluding hydrogens is 342 g/mol. The maximum atomic E-state index is 12.9. The maximum Gasteiger partial charge on any atom is 0.272 e. The van der Waals surface area contributed by atoms with Crippen molar-refractivity contribution in [2.45, 2.75) is 45.2 Å². The molecule has 1 atom stereocenters. The van der Waals surface area contributed by atoms with Crippen LogP contribution < -0.4 is 14.8 Å². The van der Waals surface area contributed by atoms with Gasteiger partial charge in [0.05, 0.1) is 0 Å². The lowest BCUT2D eigenvalue weighted by Crippen LogP contribution is -2.43. The Labute approximate surface area is 159 Å². The normalized spacial score (nSPS) is 18.4. The average molecular weight is 367 g/mol. The van der Waals surface area contributed by atoms with Crippen LogP contribution in [-0.2, 0) is 6.54 Å². The molecule has 2 aliphatic heterocycles. The van der Waals surface area contributed by atoms with Crippen molar-refractivity contribution in [3.63, 3.8) is 0 Å². The number of pyridine rings is 1. The molecule has 6 heteroatoms. The van der Waals surface area contributed by atoms with Gasteiger partial charge in [-0.15, -0.1) is 0 Å². The van der Waals surface area contributed by atoms with Crippen molar-refractivity contribution in [3.8, 4) is 11.5 Å². The summed E-state index contributed by atoms with van der Waals surface area (Å²) in [5.41, 5.74) is 2.48. The lowest BCUT2D eigenvalue weighted by Gasteiger charge is -2.35. The number of benzene rings is 1. The zero-order chi connectivity index (χ0) is 18.6. The number of likely N-dealkylation sites (tertiary alicyclic amines) is 1. The molecule has 0 spiro atoms. The molecule has 1 aromatic carbocycles. The second-order valence-corrected chi connectivity index (χ2v) is 7.03. The standard InChI is InChI=1S/C21H25N3O3/c1-2-17-5-3-4-10-24(17)21(25)18-12-16(8-9-22-18)23-13-15-6-7-19-20(11-15)27-14-26-19/h6-9,11-12,17H,2-5,10,13-14H2,1H3,(H,22,23). The van der Waals surface area contributed by atoms with Crippen LogP contribution in [0.25, 0.3) is 0 Å². The van der Waals surface area contributed by atoms with Crippen molar-refractivity contribution < 1.29 is 14.3 Å². The predicted molar refractivity (Wildman–Crippen MR) is 103 cm³/mol. The predicted octanol–water partition coefficient (Wildman–Crippen LogP) is 3.83. The number of carbonyl (C=O) groups excluding carboxylic acids is 1. The van der Waals surface area contributed by atoms with E-state index in [1.54, 1.807) is 6.20 Å². The number of anilines is 1. The van der Waals surface area contributed by atoms with E-state index in [1.807, 2.05) is 35.2 Å². The summed E-state index contributed by atoms with van der Waals surface area (Å²) < 4.78 is 10.8. The summed E-state index contributed by atoms with van der Waals surface area (Å²) >= 11 is 0. The molecule has 0 aliphatic carbocycles. The average Bonchev–Trinajstić information content (AvgIpc) is 3.20. The molecule has 1 saturated heterocycles. The van der Waals surface area contributed by atoms with Crippen molar-refractivity contribution in [2.75, 3.05) is 18.7 Å². The summed E-state index contributed by atoms with van der Waals surface area (Å²) in [6, 6.07) is 9.96. The monoisotopic (exact) mass is 367 g/mol. The highest BCUT2D eigenvalue weighted by atomic mass is 16.7. The molecule has 1 unspecified atom stereocenters. The number of hydrogen-bond acceptors (Lipinski definition) is 5. The Kier molecular flexibility index (Phi) is 5.14. The molecule has 0 bridgehead atoms. The first-order valence-electron chi connectivity index (χ1n) is 9.64. The van der Waals surface area contributed by atoms with Gasteiger partial charge in [0.25, 0.3) is 5.91 Å². The van der Waals surface area contributed by atoms with Crippen molar-refractivity contribution in [1.82, 2.24) is 9.88 Å². The summed E-state index contributed by atoms with van der Waals surface area (Å²) in [5.74, 6) is 1.59. The highest BCUT2D eigenvalue weighted by molar-refractivity contribution is 5.93. The smallest absolute Gasteiger partial charge is 0.272 e. The van der Waals surface area contributed by atoms with Crippen LogP contribution in [0.4, 0.5) is 5.69 Å². The number of amides is 1. The molecule has 0 saturated carbocycles. The van der Waals surface area contributed by atoms with Gasteiger partial charge in [-0.2, -0.15) is 0 Å². The number of rotatable bonds is 5. The number of fused-ring (bicyclic) bond motifs is 1. The molecule has 3 heterocycles. The van der Waals surface area contributed by atoms with Crippen LogP contribution in [-0.4, -0.2) is 35.2 Å².